The first-order valence-corrected chi connectivity index (χ1v) is 55.4. The van der Waals surface area contributed by atoms with Crippen LogP contribution in [0.15, 0.2) is 0 Å². The van der Waals surface area contributed by atoms with Crippen molar-refractivity contribution in [1.82, 2.24) is 123 Å². The topological polar surface area (TPSA) is 1940 Å². The van der Waals surface area contributed by atoms with Crippen LogP contribution in [0.1, 0.15) is 59.4 Å². The van der Waals surface area contributed by atoms with E-state index < -0.39 is 133 Å². The van der Waals surface area contributed by atoms with Gasteiger partial charge in [-0.05, 0) is 20.1 Å². The van der Waals surface area contributed by atoms with Crippen molar-refractivity contribution in [3.05, 3.63) is 0 Å². The minimum Gasteiger partial charge on any atom is -0.779 e. The van der Waals surface area contributed by atoms with Gasteiger partial charge in [-0.2, -0.15) is 38.5 Å². The van der Waals surface area contributed by atoms with Crippen LogP contribution >= 0.6 is 133 Å². The van der Waals surface area contributed by atoms with Gasteiger partial charge in [0, 0.05) is 51.6 Å². The molecule has 1 aliphatic rings. The average Bonchev–Trinajstić information content (AvgIpc) is 0.806. The van der Waals surface area contributed by atoms with E-state index >= 15 is 0 Å². The molecule has 1 saturated heterocycles. The van der Waals surface area contributed by atoms with Gasteiger partial charge in [-0.1, -0.05) is 89.3 Å². The summed E-state index contributed by atoms with van der Waals surface area (Å²) in [4.78, 5) is 274. The van der Waals surface area contributed by atoms with Crippen LogP contribution in [-0.2, 0) is 125 Å². The smallest absolute Gasteiger partial charge is 0.702 e. The van der Waals surface area contributed by atoms with E-state index in [9.17, 15) is 117 Å². The number of aromatic nitrogens is 15. The number of phosphoric acid groups is 12. The molecule has 5 aromatic heterocycles. The van der Waals surface area contributed by atoms with E-state index in [4.69, 9.17) is 189 Å². The standard InChI is InChI=1S/C4H10N2.5C3H6N6.C2H8N2.C2H7O4P.CH5O3P.8CH4.H10N2O19P6.H4NO9P3.6H3N.2H4O7P2.2H3O4P/c1-2-6-4-3-5-1;5*4-1-7-2(5)9-3(6)8-1;3-1-2-4;1-5-7(3,4)6-2;1-5(2,3)4;;;;;;;;;3-1-22(5,6)17-24(9,10)19-26(13,14)21-27(15,16)20-25(11,12)18-23(7,8)2-4;2-1-12(5,6)10-13(7,8)9-11(3)4;;;;;;;2*1-8(2,3)7-9(4,5)6;2*1-5(2,3)4/h5-6H,1-4H2;5*(H6,4,5,6,7,8,9);1-4H2;1-2H3,(H,3,4);1H3,(H2,2,3,4);8*1H4;3-4H,(H,9,10)(H,11,12)(H,13,14)(H,15,16)(H2,1,5,6)(H2,2,7,8);(H4-,1,2,3,4,5,6,7,8);6*1H3;2*(H2,1,2,3)(H2,4,5,6);2*(H3,1,2,3,4)/p+5. The summed E-state index contributed by atoms with van der Waals surface area (Å²) >= 11 is 0. The number of nitrogen functional groups attached to an aromatic ring is 15. The molecule has 5 aromatic rings. The lowest BCUT2D eigenvalue weighted by molar-refractivity contribution is -0.453. The molecule has 117 heteroatoms. The number of nitrogens with zero attached hydrogens (tertiary/aromatic N) is 12. The molecule has 0 radical (unpaired) electrons. The number of aromatic amines is 3. The van der Waals surface area contributed by atoms with Crippen molar-refractivity contribution in [2.45, 2.75) is 59.4 Å². The van der Waals surface area contributed by atoms with Crippen molar-refractivity contribution >= 4 is 222 Å². The quantitative estimate of drug-likeness (QED) is 0.0155. The second-order valence-electron chi connectivity index (χ2n) is 19.1. The lowest BCUT2D eigenvalue weighted by Crippen LogP contribution is -2.64. The van der Waals surface area contributed by atoms with Crippen molar-refractivity contribution in [2.75, 3.05) is 146 Å². The third-order valence-corrected chi connectivity index (χ3v) is 23.8. The van der Waals surface area contributed by atoms with Crippen LogP contribution in [0.4, 0.5) is 89.2 Å². The van der Waals surface area contributed by atoms with Gasteiger partial charge in [-0.25, -0.2) is 55.3 Å². The van der Waals surface area contributed by atoms with E-state index in [2.05, 4.69) is 145 Å². The molecule has 0 bridgehead atoms. The summed E-state index contributed by atoms with van der Waals surface area (Å²) in [7, 11) is -86.8. The van der Waals surface area contributed by atoms with Crippen LogP contribution < -0.4 is 225 Å². The SMILES string of the molecule is C.C.C.C.C.C.C.C.C1CNCCN1.COP(=O)([O-])OC.CP(=O)([O-])O.Nc1nc(N)[nH+]c(N)n1.Nc1nc(N)[nH+]c(N)n1.Nc1nc(N)[nH+]c(N)n1.Nc1nc(N)nc(N)n1.Nc1nc(N)nc(N)n1.O=P(O)(O)O.O=P(O)(O)O.O=P(O)(O)OP(=O)(O)O.O=P([O-])(N[OH2+])OP(=O)([O-])OP(=O)(O)OP(=O)(O)OP(=O)([O-])OP(=O)([O-])N[OH2+].O=P([O-])(O)OP(=O)([O-])O.O=[P+](O)OP(=O)([O-])OP(=O)([O-])N[OH2+].[NH3+]CC[NH3+].[NH4+].[NH4+].[NH4+].[NH4+].[NH4+].[NH4+]. The minimum absolute atomic E-state index is 0. The largest absolute Gasteiger partial charge is 0.779 e. The fourth-order valence-corrected chi connectivity index (χ4v) is 15.8. The van der Waals surface area contributed by atoms with E-state index in [1.165, 1.54) is 0 Å². The fraction of sp³-hybridized carbons (Fsp3) is 0.531. The minimum atomic E-state index is -6.38. The highest BCUT2D eigenvalue weighted by Crippen LogP contribution is 2.72. The molecule has 90 N–H and O–H groups in total. The number of nitrogens with one attached hydrogen (secondary N) is 8. The summed E-state index contributed by atoms with van der Waals surface area (Å²) in [5.41, 5.74) is 84.5. The molecule has 908 valence electrons. The van der Waals surface area contributed by atoms with Gasteiger partial charge in [0.15, 0.2) is 0 Å². The number of H-pyrrole nitrogens is 3. The highest BCUT2D eigenvalue weighted by Gasteiger charge is 2.43. The van der Waals surface area contributed by atoms with Crippen molar-refractivity contribution < 1.29 is 295 Å². The molecule has 12 unspecified atom stereocenters. The molecule has 1 aliphatic heterocycles. The second-order valence-corrected chi connectivity index (χ2v) is 42.8. The van der Waals surface area contributed by atoms with Gasteiger partial charge in [0.05, 0.1) is 0 Å². The van der Waals surface area contributed by atoms with Crippen LogP contribution in [-0.4, -0.2) is 214 Å². The summed E-state index contributed by atoms with van der Waals surface area (Å²) in [5.74, 6) is 1.47. The molecule has 0 spiro atoms. The van der Waals surface area contributed by atoms with E-state index in [0.717, 1.165) is 65.4 Å². The van der Waals surface area contributed by atoms with E-state index in [0.29, 0.717) is 10.5 Å². The number of rotatable bonds is 24. The zero-order valence-corrected chi connectivity index (χ0v) is 87.2. The molecule has 0 aliphatic carbocycles. The summed E-state index contributed by atoms with van der Waals surface area (Å²) in [5, 5.41) is 26.7. The molecule has 149 heavy (non-hydrogen) atoms. The molecule has 100 nitrogen and oxygen atoms in total. The second kappa shape index (κ2) is 91.9. The number of hydrogen-bond donors (Lipinski definition) is 44. The first-order chi connectivity index (χ1) is 59.7. The summed E-state index contributed by atoms with van der Waals surface area (Å²) in [6.07, 6.45) is 0. The summed E-state index contributed by atoms with van der Waals surface area (Å²) in [6, 6.07) is 0. The summed E-state index contributed by atoms with van der Waals surface area (Å²) in [6.45, 7) is 7.22. The molecular formula is C32H143N43O57P17+5. The van der Waals surface area contributed by atoms with Crippen LogP contribution in [0.3, 0.4) is 0 Å². The molecule has 0 saturated carbocycles. The number of nitrogens with two attached hydrogens (primary N) is 15. The van der Waals surface area contributed by atoms with Gasteiger partial charge in [0.2, 0.25) is 35.7 Å². The lowest BCUT2D eigenvalue weighted by atomic mass is 10.4. The Balaban J connectivity index is -0.0000000555. The summed E-state index contributed by atoms with van der Waals surface area (Å²) < 4.78 is 207. The highest BCUT2D eigenvalue weighted by molar-refractivity contribution is 7.72. The number of anilines is 15. The fourth-order valence-electron chi connectivity index (χ4n) is 4.18. The molecule has 6 heterocycles. The number of hydrogen-bond acceptors (Lipinski definition) is 67. The van der Waals surface area contributed by atoms with Gasteiger partial charge in [-0.15, -0.1) is 4.89 Å². The van der Waals surface area contributed by atoms with Crippen LogP contribution in [0.2, 0.25) is 0 Å². The normalized spacial score (nSPS) is 14.9. The molecule has 12 atom stereocenters. The maximum absolute atomic E-state index is 11.2. The average molecular weight is 2570 g/mol. The van der Waals surface area contributed by atoms with Crippen LogP contribution in [0.25, 0.3) is 0 Å². The zero-order valence-electron chi connectivity index (χ0n) is 72.0. The Hall–Kier alpha value is -6.29. The first-order valence-electron chi connectivity index (χ1n) is 29.6. The van der Waals surface area contributed by atoms with Gasteiger partial charge in [0.25, 0.3) is 62.4 Å². The Morgan fingerprint density at radius 1 is 0.322 bits per heavy atom. The van der Waals surface area contributed by atoms with Gasteiger partial charge in [0.1, 0.15) is 20.7 Å². The monoisotopic (exact) mass is 2570 g/mol. The Bertz CT molecular complexity index is 4430. The van der Waals surface area contributed by atoms with E-state index in [-0.39, 0.29) is 186 Å². The van der Waals surface area contributed by atoms with E-state index in [1.807, 2.05) is 0 Å². The zero-order chi connectivity index (χ0) is 109. The predicted molar refractivity (Wildman–Crippen MR) is 507 cm³/mol. The first kappa shape index (κ1) is 200. The van der Waals surface area contributed by atoms with Gasteiger partial charge < -0.3 is 297 Å². The molecule has 6 rings (SSSR count). The Labute approximate surface area is 842 Å². The van der Waals surface area contributed by atoms with Crippen molar-refractivity contribution in [1.29, 1.82) is 0 Å². The van der Waals surface area contributed by atoms with Crippen molar-refractivity contribution in [3.8, 4) is 0 Å². The van der Waals surface area contributed by atoms with Crippen molar-refractivity contribution in [2.24, 2.45) is 0 Å². The highest BCUT2D eigenvalue weighted by atomic mass is 31.3. The lowest BCUT2D eigenvalue weighted by Gasteiger charge is -2.30. The molecule has 1 fully saturated rings. The number of quaternary nitrogens is 8. The van der Waals surface area contributed by atoms with Crippen LogP contribution in [0.5, 0.6) is 0 Å². The Morgan fingerprint density at radius 3 is 0.584 bits per heavy atom. The third-order valence-electron chi connectivity index (χ3n) is 7.44. The Morgan fingerprint density at radius 2 is 0.483 bits per heavy atom. The molecular weight excluding hydrogens is 2430 g/mol. The Kier molecular flexibility index (Phi) is 123. The predicted octanol–water partition coefficient (Wildman–Crippen LogP) is -17.1. The van der Waals surface area contributed by atoms with Gasteiger partial charge >= 0.3 is 117 Å². The molecule has 0 amide bonds. The van der Waals surface area contributed by atoms with Crippen LogP contribution in [0, 0.1) is 0 Å². The van der Waals surface area contributed by atoms with Crippen molar-refractivity contribution in [3.63, 3.8) is 0 Å². The van der Waals surface area contributed by atoms with E-state index in [1.54, 1.807) is 0 Å². The maximum atomic E-state index is 11.2. The molecule has 0 aromatic carbocycles. The maximum Gasteiger partial charge on any atom is 0.702 e. The number of phosphoric ester groups is 1. The third kappa shape index (κ3) is 167. The van der Waals surface area contributed by atoms with Gasteiger partial charge in [-0.3, -0.25) is 54.0 Å². The number of piperazine rings is 1.